The third kappa shape index (κ3) is 5.51. The summed E-state index contributed by atoms with van der Waals surface area (Å²) in [6, 6.07) is 5.16. The van der Waals surface area contributed by atoms with Crippen LogP contribution in [0.2, 0.25) is 5.02 Å². The lowest BCUT2D eigenvalue weighted by molar-refractivity contribution is 0.0124. The maximum absolute atomic E-state index is 12.8. The molecule has 0 saturated carbocycles. The SMILES string of the molecule is C[C@H](C[C@@H]1CC[C@@H](C)N1C(=O)OC(C)(C)C)Oc1ncnc2c1CCN2c1ccc(C(N)=O)cc1Cl. The zero-order chi connectivity index (χ0) is 26.2. The van der Waals surface area contributed by atoms with Crippen molar-refractivity contribution in [3.8, 4) is 5.88 Å². The molecule has 1 aromatic heterocycles. The van der Waals surface area contributed by atoms with Crippen molar-refractivity contribution in [2.45, 2.75) is 84.1 Å². The minimum atomic E-state index is -0.539. The molecule has 0 spiro atoms. The fourth-order valence-electron chi connectivity index (χ4n) is 4.95. The summed E-state index contributed by atoms with van der Waals surface area (Å²) in [5.74, 6) is 0.736. The number of benzene rings is 1. The molecule has 36 heavy (non-hydrogen) atoms. The van der Waals surface area contributed by atoms with Crippen molar-refractivity contribution >= 4 is 35.1 Å². The molecule has 0 bridgehead atoms. The normalized spacial score (nSPS) is 20.3. The Balaban J connectivity index is 1.47. The smallest absolute Gasteiger partial charge is 0.410 e. The summed E-state index contributed by atoms with van der Waals surface area (Å²) in [6.45, 7) is 10.3. The van der Waals surface area contributed by atoms with Crippen molar-refractivity contribution in [1.82, 2.24) is 14.9 Å². The second-order valence-electron chi connectivity index (χ2n) is 10.5. The van der Waals surface area contributed by atoms with E-state index in [-0.39, 0.29) is 24.3 Å². The average molecular weight is 516 g/mol. The number of ether oxygens (including phenoxy) is 2. The van der Waals surface area contributed by atoms with Gasteiger partial charge in [-0.3, -0.25) is 4.79 Å². The maximum atomic E-state index is 12.8. The molecule has 194 valence electrons. The minimum Gasteiger partial charge on any atom is -0.474 e. The monoisotopic (exact) mass is 515 g/mol. The van der Waals surface area contributed by atoms with E-state index >= 15 is 0 Å². The number of hydrogen-bond acceptors (Lipinski definition) is 7. The number of carbonyl (C=O) groups excluding carboxylic acids is 2. The lowest BCUT2D eigenvalue weighted by Gasteiger charge is -2.32. The minimum absolute atomic E-state index is 0.0406. The van der Waals surface area contributed by atoms with Crippen LogP contribution in [-0.4, -0.2) is 57.2 Å². The number of carbonyl (C=O) groups is 2. The van der Waals surface area contributed by atoms with Crippen molar-refractivity contribution in [2.75, 3.05) is 11.4 Å². The molecular formula is C26H34ClN5O4. The van der Waals surface area contributed by atoms with E-state index in [2.05, 4.69) is 16.9 Å². The number of amides is 2. The van der Waals surface area contributed by atoms with Crippen LogP contribution in [0.25, 0.3) is 0 Å². The molecule has 2 aromatic rings. The molecule has 1 saturated heterocycles. The Morgan fingerprint density at radius 2 is 2.00 bits per heavy atom. The van der Waals surface area contributed by atoms with E-state index < -0.39 is 11.5 Å². The molecule has 3 heterocycles. The lowest BCUT2D eigenvalue weighted by Crippen LogP contribution is -2.44. The number of halogens is 1. The Hall–Kier alpha value is -3.07. The van der Waals surface area contributed by atoms with E-state index in [0.29, 0.717) is 35.9 Å². The summed E-state index contributed by atoms with van der Waals surface area (Å²) in [4.78, 5) is 37.0. The number of nitrogens with zero attached hydrogens (tertiary/aromatic N) is 4. The molecule has 3 atom stereocenters. The maximum Gasteiger partial charge on any atom is 0.410 e. The Morgan fingerprint density at radius 1 is 1.25 bits per heavy atom. The van der Waals surface area contributed by atoms with Crippen LogP contribution in [0.5, 0.6) is 5.88 Å². The standard InChI is InChI=1S/C26H34ClN5O4/c1-15-6-8-18(32(15)25(34)36-26(3,4)5)12-16(2)35-24-19-10-11-31(23(19)29-14-30-24)21-9-7-17(22(28)33)13-20(21)27/h7,9,13-16,18H,6,8,10-12H2,1-5H3,(H2,28,33)/t15-,16-,18+/m1/s1. The highest BCUT2D eigenvalue weighted by atomic mass is 35.5. The van der Waals surface area contributed by atoms with Crippen molar-refractivity contribution < 1.29 is 19.1 Å². The fraction of sp³-hybridized carbons (Fsp3) is 0.538. The van der Waals surface area contributed by atoms with Gasteiger partial charge in [0.05, 0.1) is 22.4 Å². The van der Waals surface area contributed by atoms with Gasteiger partial charge in [0.1, 0.15) is 17.7 Å². The number of likely N-dealkylation sites (tertiary alicyclic amines) is 1. The van der Waals surface area contributed by atoms with Gasteiger partial charge >= 0.3 is 6.09 Å². The zero-order valence-electron chi connectivity index (χ0n) is 21.5. The van der Waals surface area contributed by atoms with Gasteiger partial charge in [0, 0.05) is 30.6 Å². The van der Waals surface area contributed by atoms with Crippen LogP contribution in [0.15, 0.2) is 24.5 Å². The first-order valence-corrected chi connectivity index (χ1v) is 12.7. The molecule has 2 aliphatic heterocycles. The Labute approximate surface area is 216 Å². The van der Waals surface area contributed by atoms with E-state index in [1.165, 1.54) is 6.33 Å². The van der Waals surface area contributed by atoms with Crippen LogP contribution in [0.4, 0.5) is 16.3 Å². The Bertz CT molecular complexity index is 1150. The fourth-order valence-corrected chi connectivity index (χ4v) is 5.23. The first kappa shape index (κ1) is 26.0. The van der Waals surface area contributed by atoms with Crippen molar-refractivity contribution in [2.24, 2.45) is 5.73 Å². The molecule has 0 aliphatic carbocycles. The number of nitrogens with two attached hydrogens (primary N) is 1. The number of aromatic nitrogens is 2. The highest BCUT2D eigenvalue weighted by Gasteiger charge is 2.38. The first-order valence-electron chi connectivity index (χ1n) is 12.3. The summed E-state index contributed by atoms with van der Waals surface area (Å²) in [5, 5.41) is 0.422. The molecule has 10 heteroatoms. The van der Waals surface area contributed by atoms with Crippen LogP contribution in [-0.2, 0) is 11.2 Å². The third-order valence-electron chi connectivity index (χ3n) is 6.55. The van der Waals surface area contributed by atoms with Gasteiger partial charge in [-0.05, 0) is 72.1 Å². The first-order chi connectivity index (χ1) is 16.9. The molecule has 1 aromatic carbocycles. The quantitative estimate of drug-likeness (QED) is 0.584. The molecule has 0 unspecified atom stereocenters. The second-order valence-corrected chi connectivity index (χ2v) is 11.0. The number of anilines is 2. The van der Waals surface area contributed by atoms with E-state index in [1.807, 2.05) is 37.5 Å². The van der Waals surface area contributed by atoms with Crippen LogP contribution >= 0.6 is 11.6 Å². The summed E-state index contributed by atoms with van der Waals surface area (Å²) in [5.41, 5.74) is 6.83. The average Bonchev–Trinajstić information content (AvgIpc) is 3.36. The van der Waals surface area contributed by atoms with E-state index in [1.54, 1.807) is 18.2 Å². The number of hydrogen-bond donors (Lipinski definition) is 1. The molecule has 2 aliphatic rings. The predicted molar refractivity (Wildman–Crippen MR) is 138 cm³/mol. The van der Waals surface area contributed by atoms with Gasteiger partial charge in [0.15, 0.2) is 0 Å². The molecule has 2 amide bonds. The Kier molecular flexibility index (Phi) is 7.31. The summed E-state index contributed by atoms with van der Waals surface area (Å²) in [6.07, 6.45) is 4.24. The predicted octanol–water partition coefficient (Wildman–Crippen LogP) is 4.87. The van der Waals surface area contributed by atoms with Crippen LogP contribution in [0.1, 0.15) is 69.8 Å². The van der Waals surface area contributed by atoms with Gasteiger partial charge in [-0.2, -0.15) is 0 Å². The molecule has 0 radical (unpaired) electrons. The zero-order valence-corrected chi connectivity index (χ0v) is 22.2. The van der Waals surface area contributed by atoms with Gasteiger partial charge in [0.2, 0.25) is 11.8 Å². The molecule has 4 rings (SSSR count). The molecule has 9 nitrogen and oxygen atoms in total. The lowest BCUT2D eigenvalue weighted by atomic mass is 10.1. The third-order valence-corrected chi connectivity index (χ3v) is 6.86. The number of fused-ring (bicyclic) bond motifs is 1. The van der Waals surface area contributed by atoms with Gasteiger partial charge in [-0.25, -0.2) is 14.8 Å². The van der Waals surface area contributed by atoms with Gasteiger partial charge < -0.3 is 25.0 Å². The number of primary amides is 1. The second kappa shape index (κ2) is 10.1. The summed E-state index contributed by atoms with van der Waals surface area (Å²) in [7, 11) is 0. The van der Waals surface area contributed by atoms with Crippen molar-refractivity contribution in [1.29, 1.82) is 0 Å². The summed E-state index contributed by atoms with van der Waals surface area (Å²) >= 11 is 6.46. The largest absolute Gasteiger partial charge is 0.474 e. The molecular weight excluding hydrogens is 482 g/mol. The van der Waals surface area contributed by atoms with Gasteiger partial charge in [-0.15, -0.1) is 0 Å². The highest BCUT2D eigenvalue weighted by molar-refractivity contribution is 6.33. The van der Waals surface area contributed by atoms with E-state index in [0.717, 1.165) is 29.9 Å². The van der Waals surface area contributed by atoms with Gasteiger partial charge in [0.25, 0.3) is 0 Å². The van der Waals surface area contributed by atoms with Crippen LogP contribution < -0.4 is 15.4 Å². The van der Waals surface area contributed by atoms with E-state index in [4.69, 9.17) is 26.8 Å². The molecule has 2 N–H and O–H groups in total. The van der Waals surface area contributed by atoms with E-state index in [9.17, 15) is 9.59 Å². The topological polar surface area (TPSA) is 111 Å². The van der Waals surface area contributed by atoms with Crippen LogP contribution in [0, 0.1) is 0 Å². The van der Waals surface area contributed by atoms with Crippen LogP contribution in [0.3, 0.4) is 0 Å². The molecule has 1 fully saturated rings. The van der Waals surface area contributed by atoms with Gasteiger partial charge in [-0.1, -0.05) is 11.6 Å². The van der Waals surface area contributed by atoms with Crippen molar-refractivity contribution in [3.05, 3.63) is 40.7 Å². The Morgan fingerprint density at radius 3 is 2.67 bits per heavy atom. The highest BCUT2D eigenvalue weighted by Crippen LogP contribution is 2.40. The number of rotatable bonds is 6. The van der Waals surface area contributed by atoms with Crippen molar-refractivity contribution in [3.63, 3.8) is 0 Å². The summed E-state index contributed by atoms with van der Waals surface area (Å²) < 4.78 is 11.9.